The molecule has 3 heterocycles. The van der Waals surface area contributed by atoms with Crippen LogP contribution >= 0.6 is 27.5 Å². The molecule has 102 valence electrons. The molecule has 1 N–H and O–H groups in total. The fraction of sp³-hybridized carbons (Fsp3) is 0.500. The van der Waals surface area contributed by atoms with Crippen LogP contribution in [0.2, 0.25) is 5.02 Å². The van der Waals surface area contributed by atoms with E-state index in [0.29, 0.717) is 16.5 Å². The van der Waals surface area contributed by atoms with E-state index in [1.165, 1.54) is 25.9 Å². The van der Waals surface area contributed by atoms with Gasteiger partial charge in [-0.25, -0.2) is 0 Å². The largest absolute Gasteiger partial charge is 0.348 e. The minimum Gasteiger partial charge on any atom is -0.348 e. The Balaban J connectivity index is 1.73. The van der Waals surface area contributed by atoms with Crippen molar-refractivity contribution in [1.82, 2.24) is 10.2 Å². The van der Waals surface area contributed by atoms with Gasteiger partial charge in [-0.1, -0.05) is 17.7 Å². The lowest BCUT2D eigenvalue weighted by atomic mass is 9.84. The first kappa shape index (κ1) is 13.4. The Hall–Kier alpha value is -0.580. The zero-order valence-corrected chi connectivity index (χ0v) is 12.9. The third-order valence-electron chi connectivity index (χ3n) is 4.17. The van der Waals surface area contributed by atoms with Gasteiger partial charge in [0, 0.05) is 17.1 Å². The van der Waals surface area contributed by atoms with Crippen molar-refractivity contribution in [2.75, 3.05) is 19.6 Å². The molecule has 1 aromatic rings. The van der Waals surface area contributed by atoms with Crippen LogP contribution in [0.15, 0.2) is 22.7 Å². The van der Waals surface area contributed by atoms with Gasteiger partial charge < -0.3 is 10.2 Å². The third-order valence-corrected chi connectivity index (χ3v) is 5.47. The highest BCUT2D eigenvalue weighted by molar-refractivity contribution is 9.10. The summed E-state index contributed by atoms with van der Waals surface area (Å²) in [6.07, 6.45) is 2.38. The minimum atomic E-state index is -0.0648. The number of rotatable bonds is 2. The number of hydrogen-bond acceptors (Lipinski definition) is 2. The lowest BCUT2D eigenvalue weighted by Crippen LogP contribution is -2.57. The van der Waals surface area contributed by atoms with Gasteiger partial charge in [0.1, 0.15) is 0 Å². The van der Waals surface area contributed by atoms with E-state index in [1.54, 1.807) is 6.07 Å². The van der Waals surface area contributed by atoms with Crippen molar-refractivity contribution in [2.24, 2.45) is 5.92 Å². The summed E-state index contributed by atoms with van der Waals surface area (Å²) in [6.45, 7) is 3.32. The first-order valence-corrected chi connectivity index (χ1v) is 7.79. The topological polar surface area (TPSA) is 32.3 Å². The van der Waals surface area contributed by atoms with Gasteiger partial charge in [-0.05, 0) is 59.9 Å². The van der Waals surface area contributed by atoms with Crippen LogP contribution in [0.4, 0.5) is 0 Å². The van der Waals surface area contributed by atoms with Crippen LogP contribution in [0.25, 0.3) is 0 Å². The molecular weight excluding hydrogens is 328 g/mol. The van der Waals surface area contributed by atoms with Gasteiger partial charge in [-0.15, -0.1) is 0 Å². The molecule has 2 bridgehead atoms. The number of nitrogens with one attached hydrogen (secondary N) is 1. The Bertz CT molecular complexity index is 500. The summed E-state index contributed by atoms with van der Waals surface area (Å²) >= 11 is 9.52. The first-order chi connectivity index (χ1) is 9.15. The zero-order chi connectivity index (χ0) is 13.4. The Morgan fingerprint density at radius 2 is 2.11 bits per heavy atom. The van der Waals surface area contributed by atoms with Crippen LogP contribution in [0, 0.1) is 5.92 Å². The number of nitrogens with zero attached hydrogens (tertiary/aromatic N) is 1. The second-order valence-corrected chi connectivity index (χ2v) is 6.55. The van der Waals surface area contributed by atoms with Gasteiger partial charge in [0.25, 0.3) is 5.91 Å². The second kappa shape index (κ2) is 5.43. The van der Waals surface area contributed by atoms with Gasteiger partial charge in [-0.2, -0.15) is 0 Å². The SMILES string of the molecule is O=C(NC1CN2CCC1CC2)c1cccc(Br)c1Cl. The number of carbonyl (C=O) groups excluding carboxylic acids is 1. The Morgan fingerprint density at radius 1 is 1.37 bits per heavy atom. The molecule has 3 aliphatic rings. The van der Waals surface area contributed by atoms with Crippen LogP contribution in [0.3, 0.4) is 0 Å². The van der Waals surface area contributed by atoms with E-state index in [2.05, 4.69) is 26.1 Å². The maximum Gasteiger partial charge on any atom is 0.253 e. The van der Waals surface area contributed by atoms with Crippen LogP contribution < -0.4 is 5.32 Å². The molecular formula is C14H16BrClN2O. The van der Waals surface area contributed by atoms with Crippen molar-refractivity contribution in [3.63, 3.8) is 0 Å². The van der Waals surface area contributed by atoms with Crippen molar-refractivity contribution in [1.29, 1.82) is 0 Å². The molecule has 1 amide bonds. The molecule has 3 saturated heterocycles. The average Bonchev–Trinajstić information content (AvgIpc) is 2.43. The van der Waals surface area contributed by atoms with E-state index in [0.717, 1.165) is 11.0 Å². The second-order valence-electron chi connectivity index (χ2n) is 5.32. The third kappa shape index (κ3) is 2.67. The molecule has 1 atom stereocenters. The number of hydrogen-bond donors (Lipinski definition) is 1. The summed E-state index contributed by atoms with van der Waals surface area (Å²) in [4.78, 5) is 14.8. The molecule has 1 aromatic carbocycles. The molecule has 0 aromatic heterocycles. The average molecular weight is 344 g/mol. The molecule has 0 spiro atoms. The van der Waals surface area contributed by atoms with Gasteiger partial charge >= 0.3 is 0 Å². The van der Waals surface area contributed by atoms with Crippen molar-refractivity contribution in [3.8, 4) is 0 Å². The predicted molar refractivity (Wildman–Crippen MR) is 79.6 cm³/mol. The van der Waals surface area contributed by atoms with Crippen molar-refractivity contribution in [3.05, 3.63) is 33.3 Å². The van der Waals surface area contributed by atoms with Crippen molar-refractivity contribution in [2.45, 2.75) is 18.9 Å². The number of piperidine rings is 3. The maximum atomic E-state index is 12.3. The van der Waals surface area contributed by atoms with Gasteiger partial charge in [0.2, 0.25) is 0 Å². The highest BCUT2D eigenvalue weighted by Gasteiger charge is 2.35. The molecule has 3 nitrogen and oxygen atoms in total. The number of benzene rings is 1. The molecule has 0 radical (unpaired) electrons. The molecule has 5 heteroatoms. The van der Waals surface area contributed by atoms with E-state index in [9.17, 15) is 4.79 Å². The molecule has 0 aliphatic carbocycles. The quantitative estimate of drug-likeness (QED) is 0.895. The molecule has 19 heavy (non-hydrogen) atoms. The minimum absolute atomic E-state index is 0.0648. The standard InChI is InChI=1S/C14H16BrClN2O/c15-11-3-1-2-10(13(11)16)14(19)17-12-8-18-6-4-9(12)5-7-18/h1-3,9,12H,4-8H2,(H,17,19). The van der Waals surface area contributed by atoms with Crippen LogP contribution in [0.5, 0.6) is 0 Å². The van der Waals surface area contributed by atoms with Crippen molar-refractivity contribution < 1.29 is 4.79 Å². The Morgan fingerprint density at radius 3 is 2.74 bits per heavy atom. The number of amides is 1. The lowest BCUT2D eigenvalue weighted by Gasteiger charge is -2.44. The van der Waals surface area contributed by atoms with Gasteiger partial charge in [0.05, 0.1) is 10.6 Å². The number of halogens is 2. The lowest BCUT2D eigenvalue weighted by molar-refractivity contribution is 0.0620. The van der Waals surface area contributed by atoms with Crippen LogP contribution in [-0.2, 0) is 0 Å². The van der Waals surface area contributed by atoms with E-state index in [1.807, 2.05) is 12.1 Å². The number of carbonyl (C=O) groups is 1. The molecule has 0 saturated carbocycles. The fourth-order valence-corrected chi connectivity index (χ4v) is 3.63. The summed E-state index contributed by atoms with van der Waals surface area (Å²) in [5.74, 6) is 0.560. The summed E-state index contributed by atoms with van der Waals surface area (Å²) < 4.78 is 0.760. The fourth-order valence-electron chi connectivity index (χ4n) is 3.05. The predicted octanol–water partition coefficient (Wildman–Crippen LogP) is 2.93. The van der Waals surface area contributed by atoms with E-state index in [-0.39, 0.29) is 11.9 Å². The summed E-state index contributed by atoms with van der Waals surface area (Å²) in [5, 5.41) is 3.64. The van der Waals surface area contributed by atoms with Crippen LogP contribution in [0.1, 0.15) is 23.2 Å². The Kier molecular flexibility index (Phi) is 3.83. The van der Waals surface area contributed by atoms with Gasteiger partial charge in [-0.3, -0.25) is 4.79 Å². The summed E-state index contributed by atoms with van der Waals surface area (Å²) in [5.41, 5.74) is 0.549. The molecule has 1 unspecified atom stereocenters. The molecule has 3 aliphatic heterocycles. The van der Waals surface area contributed by atoms with E-state index < -0.39 is 0 Å². The van der Waals surface area contributed by atoms with Gasteiger partial charge in [0.15, 0.2) is 0 Å². The molecule has 4 rings (SSSR count). The molecule has 3 fully saturated rings. The number of fused-ring (bicyclic) bond motifs is 3. The summed E-state index contributed by atoms with van der Waals surface area (Å²) in [7, 11) is 0. The van der Waals surface area contributed by atoms with E-state index in [4.69, 9.17) is 11.6 Å². The highest BCUT2D eigenvalue weighted by Crippen LogP contribution is 2.29. The monoisotopic (exact) mass is 342 g/mol. The van der Waals surface area contributed by atoms with Crippen molar-refractivity contribution >= 4 is 33.4 Å². The maximum absolute atomic E-state index is 12.3. The summed E-state index contributed by atoms with van der Waals surface area (Å²) in [6, 6.07) is 5.71. The highest BCUT2D eigenvalue weighted by atomic mass is 79.9. The zero-order valence-electron chi connectivity index (χ0n) is 10.5. The smallest absolute Gasteiger partial charge is 0.253 e. The Labute approximate surface area is 126 Å². The first-order valence-electron chi connectivity index (χ1n) is 6.62. The van der Waals surface area contributed by atoms with E-state index >= 15 is 0 Å². The normalized spacial score (nSPS) is 29.3. The van der Waals surface area contributed by atoms with Crippen LogP contribution in [-0.4, -0.2) is 36.5 Å².